The molecule has 2 saturated heterocycles. The molecular formula is C12H18N4. The van der Waals surface area contributed by atoms with E-state index in [4.69, 9.17) is 5.73 Å². The summed E-state index contributed by atoms with van der Waals surface area (Å²) >= 11 is 0. The van der Waals surface area contributed by atoms with E-state index in [2.05, 4.69) is 21.8 Å². The number of rotatable bonds is 1. The van der Waals surface area contributed by atoms with Gasteiger partial charge in [-0.1, -0.05) is 0 Å². The van der Waals surface area contributed by atoms with Gasteiger partial charge in [-0.05, 0) is 38.7 Å². The fourth-order valence-electron chi connectivity index (χ4n) is 3.27. The van der Waals surface area contributed by atoms with Crippen LogP contribution in [0.5, 0.6) is 0 Å². The summed E-state index contributed by atoms with van der Waals surface area (Å²) in [5, 5.41) is 0. The quantitative estimate of drug-likeness (QED) is 0.772. The smallest absolute Gasteiger partial charge is 0.225 e. The van der Waals surface area contributed by atoms with Gasteiger partial charge in [0.2, 0.25) is 5.95 Å². The molecule has 1 aromatic heterocycles. The van der Waals surface area contributed by atoms with E-state index in [1.165, 1.54) is 12.8 Å². The molecule has 2 aliphatic heterocycles. The molecule has 0 saturated carbocycles. The Kier molecular flexibility index (Phi) is 2.14. The highest BCUT2D eigenvalue weighted by Gasteiger charge is 2.45. The van der Waals surface area contributed by atoms with Crippen LogP contribution in [0.3, 0.4) is 0 Å². The van der Waals surface area contributed by atoms with Crippen LogP contribution in [0.15, 0.2) is 18.5 Å². The Bertz CT molecular complexity index is 360. The van der Waals surface area contributed by atoms with Gasteiger partial charge >= 0.3 is 0 Å². The summed E-state index contributed by atoms with van der Waals surface area (Å²) in [7, 11) is 0. The Balaban J connectivity index is 1.89. The van der Waals surface area contributed by atoms with Gasteiger partial charge in [0.1, 0.15) is 0 Å². The molecule has 0 amide bonds. The summed E-state index contributed by atoms with van der Waals surface area (Å²) in [6.07, 6.45) is 8.21. The monoisotopic (exact) mass is 218 g/mol. The van der Waals surface area contributed by atoms with E-state index in [-0.39, 0.29) is 5.54 Å². The van der Waals surface area contributed by atoms with Crippen LogP contribution in [0.4, 0.5) is 5.95 Å². The summed E-state index contributed by atoms with van der Waals surface area (Å²) in [6, 6.07) is 2.94. The highest BCUT2D eigenvalue weighted by molar-refractivity contribution is 5.37. The fourth-order valence-corrected chi connectivity index (χ4v) is 3.27. The van der Waals surface area contributed by atoms with Gasteiger partial charge in [0.25, 0.3) is 0 Å². The topological polar surface area (TPSA) is 55.0 Å². The van der Waals surface area contributed by atoms with E-state index in [1.807, 2.05) is 18.5 Å². The number of hydrogen-bond donors (Lipinski definition) is 1. The van der Waals surface area contributed by atoms with Crippen LogP contribution in [0, 0.1) is 0 Å². The van der Waals surface area contributed by atoms with Gasteiger partial charge in [0.05, 0.1) is 0 Å². The Morgan fingerprint density at radius 3 is 2.38 bits per heavy atom. The molecule has 4 heteroatoms. The van der Waals surface area contributed by atoms with Crippen LogP contribution in [0.25, 0.3) is 0 Å². The maximum Gasteiger partial charge on any atom is 0.225 e. The van der Waals surface area contributed by atoms with Crippen LogP contribution in [-0.4, -0.2) is 27.6 Å². The number of nitrogens with two attached hydrogens (primary N) is 1. The molecule has 2 fully saturated rings. The predicted octanol–water partition coefficient (Wildman–Crippen LogP) is 1.33. The van der Waals surface area contributed by atoms with E-state index in [9.17, 15) is 0 Å². The number of anilines is 1. The molecule has 0 unspecified atom stereocenters. The van der Waals surface area contributed by atoms with Gasteiger partial charge in [-0.3, -0.25) is 0 Å². The molecule has 3 rings (SSSR count). The summed E-state index contributed by atoms with van der Waals surface area (Å²) in [5.74, 6) is 0.880. The molecular weight excluding hydrogens is 200 g/mol. The van der Waals surface area contributed by atoms with Crippen LogP contribution in [-0.2, 0) is 0 Å². The molecule has 86 valence electrons. The summed E-state index contributed by atoms with van der Waals surface area (Å²) in [5.41, 5.74) is 6.27. The van der Waals surface area contributed by atoms with Crippen molar-refractivity contribution >= 4 is 5.95 Å². The second kappa shape index (κ2) is 3.42. The molecule has 0 radical (unpaired) electrons. The van der Waals surface area contributed by atoms with E-state index in [1.54, 1.807) is 0 Å². The normalized spacial score (nSPS) is 37.8. The molecule has 0 aliphatic carbocycles. The summed E-state index contributed by atoms with van der Waals surface area (Å²) < 4.78 is 0. The van der Waals surface area contributed by atoms with Gasteiger partial charge in [-0.25, -0.2) is 9.97 Å². The molecule has 4 nitrogen and oxygen atoms in total. The molecule has 2 N–H and O–H groups in total. The highest BCUT2D eigenvalue weighted by Crippen LogP contribution is 2.40. The first kappa shape index (κ1) is 10.0. The van der Waals surface area contributed by atoms with Crippen molar-refractivity contribution in [2.45, 2.75) is 50.2 Å². The van der Waals surface area contributed by atoms with Crippen molar-refractivity contribution in [3.63, 3.8) is 0 Å². The molecule has 0 aromatic carbocycles. The van der Waals surface area contributed by atoms with Crippen molar-refractivity contribution in [1.29, 1.82) is 0 Å². The highest BCUT2D eigenvalue weighted by atomic mass is 15.3. The Labute approximate surface area is 95.9 Å². The number of nitrogens with zero attached hydrogens (tertiary/aromatic N) is 3. The first-order chi connectivity index (χ1) is 7.66. The van der Waals surface area contributed by atoms with Gasteiger partial charge in [0.15, 0.2) is 0 Å². The average molecular weight is 218 g/mol. The van der Waals surface area contributed by atoms with Crippen LogP contribution >= 0.6 is 0 Å². The largest absolute Gasteiger partial charge is 0.335 e. The van der Waals surface area contributed by atoms with Gasteiger partial charge in [-0.2, -0.15) is 0 Å². The number of hydrogen-bond acceptors (Lipinski definition) is 4. The lowest BCUT2D eigenvalue weighted by Gasteiger charge is -2.42. The lowest BCUT2D eigenvalue weighted by Crippen LogP contribution is -2.54. The van der Waals surface area contributed by atoms with Crippen molar-refractivity contribution in [1.82, 2.24) is 9.97 Å². The zero-order valence-corrected chi connectivity index (χ0v) is 9.63. The van der Waals surface area contributed by atoms with Crippen molar-refractivity contribution in [3.05, 3.63) is 18.5 Å². The molecule has 2 aliphatic rings. The maximum atomic E-state index is 6.27. The lowest BCUT2D eigenvalue weighted by atomic mass is 9.86. The summed E-state index contributed by atoms with van der Waals surface area (Å²) in [4.78, 5) is 11.1. The average Bonchev–Trinajstić information content (AvgIpc) is 2.53. The second-order valence-corrected chi connectivity index (χ2v) is 5.40. The number of fused-ring (bicyclic) bond motifs is 2. The summed E-state index contributed by atoms with van der Waals surface area (Å²) in [6.45, 7) is 2.17. The van der Waals surface area contributed by atoms with Crippen molar-refractivity contribution in [3.8, 4) is 0 Å². The Hall–Kier alpha value is -1.16. The molecule has 0 spiro atoms. The third kappa shape index (κ3) is 1.57. The molecule has 1 aromatic rings. The first-order valence-electron chi connectivity index (χ1n) is 6.00. The fraction of sp³-hybridized carbons (Fsp3) is 0.667. The van der Waals surface area contributed by atoms with Gasteiger partial charge in [0, 0.05) is 30.0 Å². The van der Waals surface area contributed by atoms with Crippen molar-refractivity contribution < 1.29 is 0 Å². The van der Waals surface area contributed by atoms with Gasteiger partial charge in [-0.15, -0.1) is 0 Å². The van der Waals surface area contributed by atoms with Crippen LogP contribution in [0.2, 0.25) is 0 Å². The zero-order chi connectivity index (χ0) is 11.2. The standard InChI is InChI=1S/C12H18N4/c1-12(13)7-9-3-4-10(8-12)16(9)11-14-5-2-6-15-11/h2,5-6,9-10H,3-4,7-8,13H2,1H3/t9-,10+,12-. The van der Waals surface area contributed by atoms with Crippen molar-refractivity contribution in [2.75, 3.05) is 4.90 Å². The SMILES string of the molecule is C[C@@]1(N)C[C@H]2CC[C@@H](C1)N2c1ncccn1. The maximum absolute atomic E-state index is 6.27. The molecule has 16 heavy (non-hydrogen) atoms. The first-order valence-corrected chi connectivity index (χ1v) is 6.00. The number of aromatic nitrogens is 2. The van der Waals surface area contributed by atoms with Crippen LogP contribution in [0.1, 0.15) is 32.6 Å². The lowest BCUT2D eigenvalue weighted by molar-refractivity contribution is 0.304. The molecule has 2 bridgehead atoms. The zero-order valence-electron chi connectivity index (χ0n) is 9.63. The van der Waals surface area contributed by atoms with E-state index in [0.717, 1.165) is 18.8 Å². The minimum absolute atomic E-state index is 0.00286. The van der Waals surface area contributed by atoms with Crippen LogP contribution < -0.4 is 10.6 Å². The number of piperidine rings is 1. The predicted molar refractivity (Wildman–Crippen MR) is 63.1 cm³/mol. The van der Waals surface area contributed by atoms with E-state index in [0.29, 0.717) is 12.1 Å². The minimum Gasteiger partial charge on any atom is -0.335 e. The van der Waals surface area contributed by atoms with Crippen molar-refractivity contribution in [2.24, 2.45) is 5.73 Å². The minimum atomic E-state index is -0.00286. The van der Waals surface area contributed by atoms with Gasteiger partial charge < -0.3 is 10.6 Å². The molecule has 3 atom stereocenters. The molecule has 3 heterocycles. The second-order valence-electron chi connectivity index (χ2n) is 5.40. The third-order valence-corrected chi connectivity index (χ3v) is 3.81. The third-order valence-electron chi connectivity index (χ3n) is 3.81. The van der Waals surface area contributed by atoms with E-state index >= 15 is 0 Å². The van der Waals surface area contributed by atoms with E-state index < -0.39 is 0 Å². The Morgan fingerprint density at radius 1 is 1.25 bits per heavy atom. The Morgan fingerprint density at radius 2 is 1.81 bits per heavy atom.